The smallest absolute Gasteiger partial charge is 0.301 e. The van der Waals surface area contributed by atoms with Crippen LogP contribution in [0.5, 0.6) is 28.7 Å². The second-order valence-corrected chi connectivity index (χ2v) is 11.0. The van der Waals surface area contributed by atoms with E-state index in [1.54, 1.807) is 55.6 Å². The van der Waals surface area contributed by atoms with Crippen molar-refractivity contribution in [2.45, 2.75) is 25.8 Å². The van der Waals surface area contributed by atoms with E-state index in [9.17, 15) is 14.7 Å². The predicted molar refractivity (Wildman–Crippen MR) is 162 cm³/mol. The molecule has 0 spiro atoms. The van der Waals surface area contributed by atoms with Gasteiger partial charge in [-0.2, -0.15) is 0 Å². The van der Waals surface area contributed by atoms with E-state index in [2.05, 4.69) is 11.9 Å². The summed E-state index contributed by atoms with van der Waals surface area (Å²) in [5.41, 5.74) is 1.41. The Balaban J connectivity index is 1.51. The molecule has 1 N–H and O–H groups in total. The molecule has 1 saturated heterocycles. The van der Waals surface area contributed by atoms with Crippen LogP contribution in [0.15, 0.2) is 60.2 Å². The van der Waals surface area contributed by atoms with E-state index in [1.165, 1.54) is 23.3 Å². The van der Waals surface area contributed by atoms with Crippen LogP contribution >= 0.6 is 11.3 Å². The number of methoxy groups -OCH3 is 2. The zero-order valence-corrected chi connectivity index (χ0v) is 24.7. The number of hydrogen-bond acceptors (Lipinski definition) is 10. The predicted octanol–water partition coefficient (Wildman–Crippen LogP) is 5.89. The maximum atomic E-state index is 13.7. The SMILES string of the molecule is CCCCOc1ccc([C@H]2C(=C(O)c3ccc4c(c3)OCCO4)C(=O)C(=O)N2c2nc3ccc(OC)cc3s2)cc1OC. The highest BCUT2D eigenvalue weighted by atomic mass is 32.1. The lowest BCUT2D eigenvalue weighted by molar-refractivity contribution is -0.132. The molecule has 2 aliphatic heterocycles. The number of fused-ring (bicyclic) bond motifs is 2. The van der Waals surface area contributed by atoms with Crippen molar-refractivity contribution < 1.29 is 38.4 Å². The summed E-state index contributed by atoms with van der Waals surface area (Å²) < 4.78 is 29.0. The number of unbranched alkanes of at least 4 members (excludes halogenated alkanes) is 1. The van der Waals surface area contributed by atoms with Crippen LogP contribution in [0.25, 0.3) is 16.0 Å². The molecule has 1 aromatic heterocycles. The van der Waals surface area contributed by atoms with E-state index < -0.39 is 17.7 Å². The molecular formula is C32H30N2O8S. The summed E-state index contributed by atoms with van der Waals surface area (Å²) in [7, 11) is 3.10. The third-order valence-electron chi connectivity index (χ3n) is 7.31. The molecule has 3 aromatic carbocycles. The van der Waals surface area contributed by atoms with Gasteiger partial charge in [-0.25, -0.2) is 4.98 Å². The van der Waals surface area contributed by atoms with Crippen LogP contribution in [0.3, 0.4) is 0 Å². The average Bonchev–Trinajstić information content (AvgIpc) is 3.57. The van der Waals surface area contributed by atoms with Gasteiger partial charge in [0.15, 0.2) is 28.1 Å². The van der Waals surface area contributed by atoms with E-state index >= 15 is 0 Å². The number of anilines is 1. The van der Waals surface area contributed by atoms with Crippen molar-refractivity contribution in [1.29, 1.82) is 0 Å². The van der Waals surface area contributed by atoms with Gasteiger partial charge in [0.05, 0.1) is 42.7 Å². The van der Waals surface area contributed by atoms with Crippen molar-refractivity contribution in [3.05, 3.63) is 71.3 Å². The number of rotatable bonds is 9. The second kappa shape index (κ2) is 11.8. The number of carbonyl (C=O) groups excluding carboxylic acids is 2. The first-order valence-corrected chi connectivity index (χ1v) is 14.7. The normalized spacial score (nSPS) is 17.4. The number of benzene rings is 3. The number of carbonyl (C=O) groups is 2. The van der Waals surface area contributed by atoms with Gasteiger partial charge in [-0.05, 0) is 60.5 Å². The number of Topliss-reactive ketones (excluding diaryl/α,β-unsaturated/α-hetero) is 1. The number of nitrogens with zero attached hydrogens (tertiary/aromatic N) is 2. The fourth-order valence-corrected chi connectivity index (χ4v) is 6.13. The molecule has 43 heavy (non-hydrogen) atoms. The third-order valence-corrected chi connectivity index (χ3v) is 8.33. The molecule has 0 aliphatic carbocycles. The summed E-state index contributed by atoms with van der Waals surface area (Å²) in [5, 5.41) is 11.9. The van der Waals surface area contributed by atoms with Gasteiger partial charge in [0.2, 0.25) is 0 Å². The van der Waals surface area contributed by atoms with E-state index in [0.29, 0.717) is 70.3 Å². The molecule has 222 valence electrons. The molecule has 1 amide bonds. The quantitative estimate of drug-likeness (QED) is 0.108. The number of aliphatic hydroxyl groups is 1. The first kappa shape index (κ1) is 28.4. The molecule has 2 aliphatic rings. The summed E-state index contributed by atoms with van der Waals surface area (Å²) in [6.45, 7) is 3.37. The first-order valence-electron chi connectivity index (χ1n) is 13.9. The summed E-state index contributed by atoms with van der Waals surface area (Å²) in [5.74, 6) is 0.609. The first-order chi connectivity index (χ1) is 20.9. The number of aliphatic hydroxyl groups excluding tert-OH is 1. The Morgan fingerprint density at radius 2 is 1.81 bits per heavy atom. The van der Waals surface area contributed by atoms with Crippen molar-refractivity contribution in [1.82, 2.24) is 4.98 Å². The topological polar surface area (TPSA) is 117 Å². The largest absolute Gasteiger partial charge is 0.507 e. The molecule has 1 fully saturated rings. The van der Waals surface area contributed by atoms with Gasteiger partial charge in [0, 0.05) is 5.56 Å². The maximum Gasteiger partial charge on any atom is 0.301 e. The van der Waals surface area contributed by atoms with Crippen LogP contribution < -0.4 is 28.6 Å². The van der Waals surface area contributed by atoms with Gasteiger partial charge in [0.1, 0.15) is 24.7 Å². The monoisotopic (exact) mass is 602 g/mol. The van der Waals surface area contributed by atoms with Gasteiger partial charge >= 0.3 is 5.91 Å². The lowest BCUT2D eigenvalue weighted by Crippen LogP contribution is -2.29. The second-order valence-electron chi connectivity index (χ2n) is 9.97. The molecule has 0 bridgehead atoms. The Morgan fingerprint density at radius 3 is 2.58 bits per heavy atom. The number of thiazole rings is 1. The maximum absolute atomic E-state index is 13.7. The van der Waals surface area contributed by atoms with E-state index in [1.807, 2.05) is 6.07 Å². The summed E-state index contributed by atoms with van der Waals surface area (Å²) in [6, 6.07) is 14.5. The Bertz CT molecular complexity index is 1750. The molecule has 0 saturated carbocycles. The molecule has 6 rings (SSSR count). The van der Waals surface area contributed by atoms with Crippen LogP contribution in [0.1, 0.15) is 36.9 Å². The number of amides is 1. The standard InChI is InChI=1S/C32H30N2O8S/c1-4-5-12-40-22-10-6-18(15-24(22)39-3)28-27(29(35)19-7-11-23-25(16-19)42-14-13-41-23)30(36)31(37)34(28)32-33-21-9-8-20(38-2)17-26(21)43-32/h6-11,15-17,28,35H,4-5,12-14H2,1-3H3/t28-/m0/s1. The minimum Gasteiger partial charge on any atom is -0.507 e. The van der Waals surface area contributed by atoms with Crippen LogP contribution in [-0.4, -0.2) is 55.8 Å². The average molecular weight is 603 g/mol. The van der Waals surface area contributed by atoms with Crippen LogP contribution in [0.2, 0.25) is 0 Å². The van der Waals surface area contributed by atoms with Gasteiger partial charge in [-0.3, -0.25) is 14.5 Å². The van der Waals surface area contributed by atoms with Crippen LogP contribution in [0, 0.1) is 0 Å². The fraction of sp³-hybridized carbons (Fsp3) is 0.281. The van der Waals surface area contributed by atoms with Crippen molar-refractivity contribution in [3.63, 3.8) is 0 Å². The van der Waals surface area contributed by atoms with Crippen molar-refractivity contribution in [2.24, 2.45) is 0 Å². The Morgan fingerprint density at radius 1 is 1.00 bits per heavy atom. The van der Waals surface area contributed by atoms with Crippen molar-refractivity contribution in [2.75, 3.05) is 38.9 Å². The molecule has 0 unspecified atom stereocenters. The van der Waals surface area contributed by atoms with E-state index in [0.717, 1.165) is 17.5 Å². The number of ether oxygens (including phenoxy) is 5. The summed E-state index contributed by atoms with van der Waals surface area (Å²) >= 11 is 1.25. The molecule has 3 heterocycles. The molecule has 0 radical (unpaired) electrons. The Labute approximate surface area is 252 Å². The van der Waals surface area contributed by atoms with Gasteiger partial charge in [0.25, 0.3) is 5.78 Å². The van der Waals surface area contributed by atoms with E-state index in [-0.39, 0.29) is 11.3 Å². The van der Waals surface area contributed by atoms with Crippen molar-refractivity contribution >= 4 is 44.1 Å². The highest BCUT2D eigenvalue weighted by Gasteiger charge is 2.48. The Kier molecular flexibility index (Phi) is 7.81. The molecule has 10 nitrogen and oxygen atoms in total. The molecule has 11 heteroatoms. The lowest BCUT2D eigenvalue weighted by Gasteiger charge is -2.24. The third kappa shape index (κ3) is 5.20. The fourth-order valence-electron chi connectivity index (χ4n) is 5.11. The molecule has 1 atom stereocenters. The van der Waals surface area contributed by atoms with Crippen molar-refractivity contribution in [3.8, 4) is 28.7 Å². The number of aromatic nitrogens is 1. The van der Waals surface area contributed by atoms with Gasteiger partial charge in [-0.1, -0.05) is 30.7 Å². The zero-order chi connectivity index (χ0) is 30.1. The van der Waals surface area contributed by atoms with Gasteiger partial charge < -0.3 is 28.8 Å². The Hall–Kier alpha value is -4.77. The number of ketones is 1. The van der Waals surface area contributed by atoms with Gasteiger partial charge in [-0.15, -0.1) is 0 Å². The van der Waals surface area contributed by atoms with Crippen LogP contribution in [0.4, 0.5) is 5.13 Å². The lowest BCUT2D eigenvalue weighted by atomic mass is 9.95. The molecular weight excluding hydrogens is 572 g/mol. The van der Waals surface area contributed by atoms with E-state index in [4.69, 9.17) is 23.7 Å². The van der Waals surface area contributed by atoms with Crippen LogP contribution in [-0.2, 0) is 9.59 Å². The highest BCUT2D eigenvalue weighted by molar-refractivity contribution is 7.22. The minimum absolute atomic E-state index is 0.0831. The highest BCUT2D eigenvalue weighted by Crippen LogP contribution is 2.46. The minimum atomic E-state index is -1.01. The zero-order valence-electron chi connectivity index (χ0n) is 23.9. The molecule has 4 aromatic rings. The summed E-state index contributed by atoms with van der Waals surface area (Å²) in [4.78, 5) is 33.5. The number of hydrogen-bond donors (Lipinski definition) is 1. The summed E-state index contributed by atoms with van der Waals surface area (Å²) in [6.07, 6.45) is 1.85.